The summed E-state index contributed by atoms with van der Waals surface area (Å²) in [5.41, 5.74) is 3.94. The zero-order chi connectivity index (χ0) is 24.7. The summed E-state index contributed by atoms with van der Waals surface area (Å²) >= 11 is 0. The van der Waals surface area contributed by atoms with E-state index in [1.807, 2.05) is 24.3 Å². The van der Waals surface area contributed by atoms with Gasteiger partial charge in [-0.05, 0) is 110 Å². The van der Waals surface area contributed by atoms with Gasteiger partial charge in [0.2, 0.25) is 0 Å². The molecule has 2 spiro atoms. The molecule has 3 nitrogen and oxygen atoms in total. The van der Waals surface area contributed by atoms with Gasteiger partial charge < -0.3 is 4.74 Å². The van der Waals surface area contributed by atoms with Gasteiger partial charge in [-0.1, -0.05) is 31.2 Å². The molecule has 2 saturated carbocycles. The number of fused-ring (bicyclic) bond motifs is 2. The van der Waals surface area contributed by atoms with Gasteiger partial charge >= 0.3 is 0 Å². The first-order chi connectivity index (χ1) is 17.3. The van der Waals surface area contributed by atoms with E-state index in [0.717, 1.165) is 38.5 Å². The predicted octanol–water partition coefficient (Wildman–Crippen LogP) is 7.04. The molecule has 190 valence electrons. The fourth-order valence-electron chi connectivity index (χ4n) is 8.99. The largest absolute Gasteiger partial charge is 0.359 e. The van der Waals surface area contributed by atoms with Gasteiger partial charge in [-0.2, -0.15) is 0 Å². The zero-order valence-corrected chi connectivity index (χ0v) is 21.4. The summed E-state index contributed by atoms with van der Waals surface area (Å²) in [7, 11) is 1.86. The van der Waals surface area contributed by atoms with Gasteiger partial charge in [0.1, 0.15) is 0 Å². The Balaban J connectivity index is 1.22. The van der Waals surface area contributed by atoms with Gasteiger partial charge in [0.25, 0.3) is 6.43 Å². The van der Waals surface area contributed by atoms with Gasteiger partial charge in [0.05, 0.1) is 17.7 Å². The van der Waals surface area contributed by atoms with Crippen LogP contribution in [0.4, 0.5) is 8.78 Å². The van der Waals surface area contributed by atoms with Crippen molar-refractivity contribution in [1.29, 1.82) is 0 Å². The molecule has 6 atom stereocenters. The quantitative estimate of drug-likeness (QED) is 0.460. The number of rotatable bonds is 4. The second-order valence-electron chi connectivity index (χ2n) is 12.4. The Labute approximate surface area is 212 Å². The van der Waals surface area contributed by atoms with Gasteiger partial charge in [-0.3, -0.25) is 9.88 Å². The van der Waals surface area contributed by atoms with E-state index in [4.69, 9.17) is 4.74 Å². The van der Waals surface area contributed by atoms with Crippen molar-refractivity contribution in [2.24, 2.45) is 11.3 Å². The van der Waals surface area contributed by atoms with E-state index < -0.39 is 6.43 Å². The maximum Gasteiger partial charge on any atom is 0.251 e. The Kier molecular flexibility index (Phi) is 5.08. The molecule has 3 heterocycles. The number of hydrogen-bond donors (Lipinski definition) is 0. The van der Waals surface area contributed by atoms with Crippen LogP contribution < -0.4 is 0 Å². The Morgan fingerprint density at radius 3 is 2.89 bits per heavy atom. The van der Waals surface area contributed by atoms with Crippen LogP contribution in [0, 0.1) is 11.3 Å². The highest BCUT2D eigenvalue weighted by Crippen LogP contribution is 2.69. The van der Waals surface area contributed by atoms with E-state index in [2.05, 4.69) is 48.3 Å². The van der Waals surface area contributed by atoms with Crippen LogP contribution in [-0.4, -0.2) is 47.1 Å². The van der Waals surface area contributed by atoms with Crippen molar-refractivity contribution in [1.82, 2.24) is 9.88 Å². The highest BCUT2D eigenvalue weighted by molar-refractivity contribution is 5.82. The molecule has 5 aliphatic rings. The summed E-state index contributed by atoms with van der Waals surface area (Å²) in [6.45, 7) is 2.35. The SMILES string of the molecule is CN(CC(F)F)[C@@H]1CCC2=CC3=CC[C@]4(C)[C@@H](c5ccc6ccncc6c5)CC[C@H]4[C@@]34CC[C@]2(C1)O4. The highest BCUT2D eigenvalue weighted by atomic mass is 19.3. The average Bonchev–Trinajstić information content (AvgIpc) is 3.38. The topological polar surface area (TPSA) is 25.4 Å². The minimum atomic E-state index is -2.29. The van der Waals surface area contributed by atoms with Crippen LogP contribution in [-0.2, 0) is 4.74 Å². The lowest BCUT2D eigenvalue weighted by atomic mass is 9.58. The number of ether oxygens (including phenoxy) is 1. The number of aromatic nitrogens is 1. The van der Waals surface area contributed by atoms with E-state index in [9.17, 15) is 8.78 Å². The van der Waals surface area contributed by atoms with E-state index >= 15 is 0 Å². The molecule has 1 aromatic carbocycles. The Bertz CT molecular complexity index is 1270. The Morgan fingerprint density at radius 2 is 2.03 bits per heavy atom. The van der Waals surface area contributed by atoms with Crippen LogP contribution in [0.1, 0.15) is 69.8 Å². The van der Waals surface area contributed by atoms with Crippen LogP contribution in [0.5, 0.6) is 0 Å². The molecular formula is C31H36F2N2O. The molecule has 0 radical (unpaired) electrons. The number of nitrogens with zero attached hydrogens (tertiary/aromatic N) is 2. The summed E-state index contributed by atoms with van der Waals surface area (Å²) in [6.07, 6.45) is 14.8. The summed E-state index contributed by atoms with van der Waals surface area (Å²) in [4.78, 5) is 6.23. The van der Waals surface area contributed by atoms with E-state index in [0.29, 0.717) is 11.8 Å². The lowest BCUT2D eigenvalue weighted by Gasteiger charge is -2.55. The number of pyridine rings is 1. The van der Waals surface area contributed by atoms with Crippen LogP contribution in [0.2, 0.25) is 0 Å². The van der Waals surface area contributed by atoms with Crippen LogP contribution in [0.25, 0.3) is 10.8 Å². The second kappa shape index (κ2) is 7.94. The minimum absolute atomic E-state index is 0.150. The number of halogens is 2. The zero-order valence-electron chi connectivity index (χ0n) is 21.4. The minimum Gasteiger partial charge on any atom is -0.359 e. The molecule has 3 aliphatic carbocycles. The summed E-state index contributed by atoms with van der Waals surface area (Å²) in [5.74, 6) is 0.983. The molecule has 0 amide bonds. The van der Waals surface area contributed by atoms with E-state index in [1.54, 1.807) is 0 Å². The molecule has 2 bridgehead atoms. The van der Waals surface area contributed by atoms with Crippen LogP contribution in [0.15, 0.2) is 60.0 Å². The number of allylic oxidation sites excluding steroid dienone is 1. The summed E-state index contributed by atoms with van der Waals surface area (Å²) < 4.78 is 33.6. The molecule has 7 rings (SSSR count). The fourth-order valence-corrected chi connectivity index (χ4v) is 8.99. The lowest BCUT2D eigenvalue weighted by molar-refractivity contribution is -0.141. The predicted molar refractivity (Wildman–Crippen MR) is 138 cm³/mol. The molecule has 2 aliphatic heterocycles. The van der Waals surface area contributed by atoms with Gasteiger partial charge in [0.15, 0.2) is 0 Å². The molecule has 0 unspecified atom stereocenters. The molecule has 5 heteroatoms. The first kappa shape index (κ1) is 23.0. The van der Waals surface area contributed by atoms with Crippen molar-refractivity contribution in [2.75, 3.05) is 13.6 Å². The van der Waals surface area contributed by atoms with Gasteiger partial charge in [0, 0.05) is 23.8 Å². The smallest absolute Gasteiger partial charge is 0.251 e. The summed E-state index contributed by atoms with van der Waals surface area (Å²) in [6, 6.07) is 9.19. The van der Waals surface area contributed by atoms with Crippen molar-refractivity contribution in [3.05, 3.63) is 65.5 Å². The second-order valence-corrected chi connectivity index (χ2v) is 12.4. The molecule has 1 aromatic heterocycles. The maximum atomic E-state index is 13.1. The lowest BCUT2D eigenvalue weighted by Crippen LogP contribution is -2.55. The molecule has 2 aromatic rings. The van der Waals surface area contributed by atoms with Crippen molar-refractivity contribution in [3.8, 4) is 0 Å². The molecule has 0 N–H and O–H groups in total. The summed E-state index contributed by atoms with van der Waals surface area (Å²) in [5, 5.41) is 2.46. The van der Waals surface area contributed by atoms with Crippen molar-refractivity contribution >= 4 is 10.8 Å². The third kappa shape index (κ3) is 3.18. The third-order valence-electron chi connectivity index (χ3n) is 10.8. The Hall–Kier alpha value is -2.11. The van der Waals surface area contributed by atoms with Crippen LogP contribution in [0.3, 0.4) is 0 Å². The van der Waals surface area contributed by atoms with Gasteiger partial charge in [-0.15, -0.1) is 0 Å². The molecule has 36 heavy (non-hydrogen) atoms. The van der Waals surface area contributed by atoms with Crippen molar-refractivity contribution in [2.45, 2.75) is 87.9 Å². The van der Waals surface area contributed by atoms with E-state index in [-0.39, 0.29) is 29.2 Å². The standard InChI is InChI=1S/C31H36F2N2O/c1-29-11-9-24-16-23-5-6-25(35(2)19-28(32)33)17-30(23)12-13-31(24,36-30)27(29)8-7-26(29)21-4-3-20-10-14-34-18-22(20)15-21/h3-4,9-10,14-16,18,25-28H,5-8,11-13,17,19H2,1-2H3/t25-,26-,27-,29-,30-,31-/m1/s1. The molecule has 3 fully saturated rings. The Morgan fingerprint density at radius 1 is 1.14 bits per heavy atom. The first-order valence-corrected chi connectivity index (χ1v) is 13.8. The van der Waals surface area contributed by atoms with Crippen molar-refractivity contribution in [3.63, 3.8) is 0 Å². The van der Waals surface area contributed by atoms with Crippen LogP contribution >= 0.6 is 0 Å². The highest BCUT2D eigenvalue weighted by Gasteiger charge is 2.66. The normalized spacial score (nSPS) is 39.1. The van der Waals surface area contributed by atoms with Crippen molar-refractivity contribution < 1.29 is 13.5 Å². The number of hydrogen-bond acceptors (Lipinski definition) is 3. The maximum absolute atomic E-state index is 13.1. The number of alkyl halides is 2. The fraction of sp³-hybridized carbons (Fsp3) is 0.581. The third-order valence-corrected chi connectivity index (χ3v) is 10.8. The monoisotopic (exact) mass is 490 g/mol. The first-order valence-electron chi connectivity index (χ1n) is 13.8. The average molecular weight is 491 g/mol. The molecular weight excluding hydrogens is 454 g/mol. The molecule has 1 saturated heterocycles. The van der Waals surface area contributed by atoms with E-state index in [1.165, 1.54) is 40.3 Å². The van der Waals surface area contributed by atoms with Gasteiger partial charge in [-0.25, -0.2) is 8.78 Å². The number of benzene rings is 1.